The topological polar surface area (TPSA) is 76.7 Å². The van der Waals surface area contributed by atoms with Crippen molar-refractivity contribution >= 4 is 11.8 Å². The van der Waals surface area contributed by atoms with Crippen molar-refractivity contribution in [3.63, 3.8) is 0 Å². The quantitative estimate of drug-likeness (QED) is 0.789. The summed E-state index contributed by atoms with van der Waals surface area (Å²) < 4.78 is 10.8. The Hall–Kier alpha value is -3.02. The van der Waals surface area contributed by atoms with Crippen LogP contribution in [0.5, 0.6) is 11.5 Å². The third kappa shape index (κ3) is 6.18. The second kappa shape index (κ2) is 8.73. The zero-order chi connectivity index (χ0) is 18.2. The molecule has 0 spiro atoms. The maximum atomic E-state index is 11.7. The highest BCUT2D eigenvalue weighted by atomic mass is 16.5. The van der Waals surface area contributed by atoms with Crippen LogP contribution in [-0.4, -0.2) is 25.0 Å². The molecule has 0 aliphatic carbocycles. The summed E-state index contributed by atoms with van der Waals surface area (Å²) >= 11 is 0. The summed E-state index contributed by atoms with van der Waals surface area (Å²) in [7, 11) is 0. The number of hydrogen-bond acceptors (Lipinski definition) is 4. The predicted molar refractivity (Wildman–Crippen MR) is 94.4 cm³/mol. The van der Waals surface area contributed by atoms with E-state index < -0.39 is 11.8 Å². The van der Waals surface area contributed by atoms with Crippen LogP contribution in [0.3, 0.4) is 0 Å². The molecule has 2 aromatic rings. The number of carbonyl (C=O) groups is 2. The highest BCUT2D eigenvalue weighted by Gasteiger charge is 2.08. The number of benzene rings is 2. The molecule has 0 bridgehead atoms. The average molecular weight is 342 g/mol. The standard InChI is InChI=1S/C19H22N2O4/c1-13-5-8-16(9-6-13)24-11-18(22)20-21-19(23)12-25-17-10-14(2)4-7-15(17)3/h4-10H,11-12H2,1-3H3,(H,20,22)(H,21,23). The Balaban J connectivity index is 1.69. The van der Waals surface area contributed by atoms with Gasteiger partial charge in [0.1, 0.15) is 11.5 Å². The summed E-state index contributed by atoms with van der Waals surface area (Å²) in [5, 5.41) is 0. The molecule has 0 aliphatic heterocycles. The van der Waals surface area contributed by atoms with Crippen molar-refractivity contribution in [1.29, 1.82) is 0 Å². The second-order valence-corrected chi connectivity index (χ2v) is 5.76. The molecule has 2 aromatic carbocycles. The van der Waals surface area contributed by atoms with Crippen molar-refractivity contribution in [1.82, 2.24) is 10.9 Å². The van der Waals surface area contributed by atoms with Crippen molar-refractivity contribution in [3.8, 4) is 11.5 Å². The molecule has 0 fully saturated rings. The molecular formula is C19H22N2O4. The van der Waals surface area contributed by atoms with Gasteiger partial charge in [0, 0.05) is 0 Å². The third-order valence-electron chi connectivity index (χ3n) is 3.43. The first-order valence-electron chi connectivity index (χ1n) is 7.91. The molecule has 6 nitrogen and oxygen atoms in total. The van der Waals surface area contributed by atoms with E-state index in [9.17, 15) is 9.59 Å². The fourth-order valence-electron chi connectivity index (χ4n) is 2.00. The van der Waals surface area contributed by atoms with Crippen LogP contribution in [0.4, 0.5) is 0 Å². The molecule has 0 unspecified atom stereocenters. The molecule has 0 saturated heterocycles. The molecule has 0 saturated carbocycles. The van der Waals surface area contributed by atoms with Gasteiger partial charge in [-0.25, -0.2) is 0 Å². The van der Waals surface area contributed by atoms with Crippen molar-refractivity contribution < 1.29 is 19.1 Å². The van der Waals surface area contributed by atoms with E-state index in [1.807, 2.05) is 51.1 Å². The van der Waals surface area contributed by atoms with Crippen molar-refractivity contribution in [2.75, 3.05) is 13.2 Å². The van der Waals surface area contributed by atoms with E-state index in [0.29, 0.717) is 11.5 Å². The molecule has 0 aromatic heterocycles. The molecule has 6 heteroatoms. The minimum atomic E-state index is -0.458. The lowest BCUT2D eigenvalue weighted by atomic mass is 10.1. The van der Waals surface area contributed by atoms with E-state index in [2.05, 4.69) is 10.9 Å². The van der Waals surface area contributed by atoms with E-state index in [1.165, 1.54) is 0 Å². The number of aryl methyl sites for hydroxylation is 3. The van der Waals surface area contributed by atoms with E-state index in [0.717, 1.165) is 16.7 Å². The summed E-state index contributed by atoms with van der Waals surface area (Å²) in [6.45, 7) is 5.43. The van der Waals surface area contributed by atoms with Gasteiger partial charge in [-0.2, -0.15) is 0 Å². The molecule has 2 amide bonds. The molecule has 0 aliphatic rings. The Morgan fingerprint density at radius 3 is 2.00 bits per heavy atom. The first-order valence-corrected chi connectivity index (χ1v) is 7.91. The van der Waals surface area contributed by atoms with Gasteiger partial charge in [-0.05, 0) is 50.1 Å². The van der Waals surface area contributed by atoms with E-state index >= 15 is 0 Å². The van der Waals surface area contributed by atoms with Crippen LogP contribution in [0.1, 0.15) is 16.7 Å². The Kier molecular flexibility index (Phi) is 6.39. The van der Waals surface area contributed by atoms with E-state index in [-0.39, 0.29) is 13.2 Å². The summed E-state index contributed by atoms with van der Waals surface area (Å²) in [5.41, 5.74) is 7.66. The molecule has 0 atom stereocenters. The number of carbonyl (C=O) groups excluding carboxylic acids is 2. The first-order chi connectivity index (χ1) is 11.9. The van der Waals surface area contributed by atoms with Crippen LogP contribution >= 0.6 is 0 Å². The molecule has 0 radical (unpaired) electrons. The molecular weight excluding hydrogens is 320 g/mol. The molecule has 132 valence electrons. The second-order valence-electron chi connectivity index (χ2n) is 5.76. The minimum Gasteiger partial charge on any atom is -0.484 e. The van der Waals surface area contributed by atoms with Crippen molar-refractivity contribution in [2.45, 2.75) is 20.8 Å². The largest absolute Gasteiger partial charge is 0.484 e. The Morgan fingerprint density at radius 1 is 0.800 bits per heavy atom. The van der Waals surface area contributed by atoms with E-state index in [4.69, 9.17) is 9.47 Å². The van der Waals surface area contributed by atoms with Crippen LogP contribution in [0.2, 0.25) is 0 Å². The summed E-state index contributed by atoms with van der Waals surface area (Å²) in [4.78, 5) is 23.4. The normalized spacial score (nSPS) is 10.0. The molecule has 25 heavy (non-hydrogen) atoms. The predicted octanol–water partition coefficient (Wildman–Crippen LogP) is 2.22. The Labute approximate surface area is 147 Å². The zero-order valence-electron chi connectivity index (χ0n) is 14.6. The van der Waals surface area contributed by atoms with Gasteiger partial charge < -0.3 is 9.47 Å². The monoisotopic (exact) mass is 342 g/mol. The molecule has 2 N–H and O–H groups in total. The van der Waals surface area contributed by atoms with Gasteiger partial charge in [-0.15, -0.1) is 0 Å². The fourth-order valence-corrected chi connectivity index (χ4v) is 2.00. The van der Waals surface area contributed by atoms with Crippen LogP contribution in [-0.2, 0) is 9.59 Å². The third-order valence-corrected chi connectivity index (χ3v) is 3.43. The number of amides is 2. The minimum absolute atomic E-state index is 0.191. The number of nitrogens with one attached hydrogen (secondary N) is 2. The fraction of sp³-hybridized carbons (Fsp3) is 0.263. The van der Waals surface area contributed by atoms with E-state index in [1.54, 1.807) is 12.1 Å². The Morgan fingerprint density at radius 2 is 1.36 bits per heavy atom. The number of ether oxygens (including phenoxy) is 2. The Bertz CT molecular complexity index is 742. The van der Waals surface area contributed by atoms with Crippen LogP contribution in [0.25, 0.3) is 0 Å². The van der Waals surface area contributed by atoms with Gasteiger partial charge in [-0.3, -0.25) is 20.4 Å². The molecule has 0 heterocycles. The maximum absolute atomic E-state index is 11.7. The first kappa shape index (κ1) is 18.3. The summed E-state index contributed by atoms with van der Waals surface area (Å²) in [6, 6.07) is 13.1. The highest BCUT2D eigenvalue weighted by molar-refractivity contribution is 5.83. The maximum Gasteiger partial charge on any atom is 0.276 e. The van der Waals surface area contributed by atoms with Gasteiger partial charge in [0.25, 0.3) is 11.8 Å². The van der Waals surface area contributed by atoms with Gasteiger partial charge in [0.15, 0.2) is 13.2 Å². The van der Waals surface area contributed by atoms with Gasteiger partial charge in [0.05, 0.1) is 0 Å². The molecule has 2 rings (SSSR count). The summed E-state index contributed by atoms with van der Waals surface area (Å²) in [6.07, 6.45) is 0. The van der Waals surface area contributed by atoms with Crippen LogP contribution in [0.15, 0.2) is 42.5 Å². The lowest BCUT2D eigenvalue weighted by Crippen LogP contribution is -2.45. The lowest BCUT2D eigenvalue weighted by molar-refractivity contribution is -0.131. The number of rotatable bonds is 6. The summed E-state index contributed by atoms with van der Waals surface area (Å²) in [5.74, 6) is 0.319. The number of hydrogen-bond donors (Lipinski definition) is 2. The van der Waals surface area contributed by atoms with Gasteiger partial charge in [0.2, 0.25) is 0 Å². The van der Waals surface area contributed by atoms with Crippen molar-refractivity contribution in [2.24, 2.45) is 0 Å². The van der Waals surface area contributed by atoms with Gasteiger partial charge in [-0.1, -0.05) is 29.8 Å². The van der Waals surface area contributed by atoms with Crippen LogP contribution < -0.4 is 20.3 Å². The van der Waals surface area contributed by atoms with Crippen LogP contribution in [0, 0.1) is 20.8 Å². The average Bonchev–Trinajstić information content (AvgIpc) is 2.60. The SMILES string of the molecule is Cc1ccc(OCC(=O)NNC(=O)COc2cc(C)ccc2C)cc1. The van der Waals surface area contributed by atoms with Crippen molar-refractivity contribution in [3.05, 3.63) is 59.2 Å². The lowest BCUT2D eigenvalue weighted by Gasteiger charge is -2.11. The number of hydrazine groups is 1. The smallest absolute Gasteiger partial charge is 0.276 e. The van der Waals surface area contributed by atoms with Gasteiger partial charge >= 0.3 is 0 Å². The zero-order valence-corrected chi connectivity index (χ0v) is 14.6. The highest BCUT2D eigenvalue weighted by Crippen LogP contribution is 2.18.